The van der Waals surface area contributed by atoms with Crippen molar-refractivity contribution in [3.05, 3.63) is 12.3 Å². The Morgan fingerprint density at radius 1 is 1.63 bits per heavy atom. The van der Waals surface area contributed by atoms with Crippen LogP contribution in [0.5, 0.6) is 0 Å². The third-order valence-electron chi connectivity index (χ3n) is 3.75. The smallest absolute Gasteiger partial charge is 0.256 e. The highest BCUT2D eigenvalue weighted by Gasteiger charge is 2.38. The molecule has 1 N–H and O–H groups in total. The zero-order valence-corrected chi connectivity index (χ0v) is 13.7. The summed E-state index contributed by atoms with van der Waals surface area (Å²) in [6.45, 7) is 2.18. The number of nitrogens with one attached hydrogen (secondary N) is 1. The summed E-state index contributed by atoms with van der Waals surface area (Å²) in [7, 11) is -1.88. The van der Waals surface area contributed by atoms with Crippen LogP contribution in [-0.2, 0) is 17.1 Å². The van der Waals surface area contributed by atoms with Gasteiger partial charge >= 0.3 is 0 Å². The Bertz CT molecular complexity index is 543. The van der Waals surface area contributed by atoms with Gasteiger partial charge in [0.1, 0.15) is 0 Å². The van der Waals surface area contributed by atoms with Gasteiger partial charge in [-0.3, -0.25) is 4.68 Å². The van der Waals surface area contributed by atoms with Crippen LogP contribution in [-0.4, -0.2) is 29.1 Å². The number of alkyl halides is 1. The first-order valence-corrected chi connectivity index (χ1v) is 9.07. The molecule has 0 aliphatic heterocycles. The summed E-state index contributed by atoms with van der Waals surface area (Å²) < 4.78 is 29.2. The minimum absolute atomic E-state index is 0.214. The minimum Gasteiger partial charge on any atom is -0.256 e. The summed E-state index contributed by atoms with van der Waals surface area (Å²) >= 11 is 3.48. The van der Waals surface area contributed by atoms with Gasteiger partial charge in [0.25, 0.3) is 10.0 Å². The highest BCUT2D eigenvalue weighted by Crippen LogP contribution is 2.34. The largest absolute Gasteiger partial charge is 0.258 e. The number of rotatable bonds is 4. The second kappa shape index (κ2) is 5.54. The van der Waals surface area contributed by atoms with Gasteiger partial charge in [0.15, 0.2) is 5.03 Å². The zero-order chi connectivity index (χ0) is 14.1. The molecule has 1 saturated carbocycles. The summed E-state index contributed by atoms with van der Waals surface area (Å²) in [5.41, 5.74) is -0.374. The minimum atomic E-state index is -3.52. The average Bonchev–Trinajstić information content (AvgIpc) is 2.75. The lowest BCUT2D eigenvalue weighted by Crippen LogP contribution is -2.52. The summed E-state index contributed by atoms with van der Waals surface area (Å²) in [5, 5.41) is 4.78. The normalized spacial score (nSPS) is 28.5. The first-order valence-electron chi connectivity index (χ1n) is 6.46. The number of hydrogen-bond donors (Lipinski definition) is 1. The maximum Gasteiger partial charge on any atom is 0.258 e. The fraction of sp³-hybridized carbons (Fsp3) is 0.750. The van der Waals surface area contributed by atoms with Crippen LogP contribution in [0.3, 0.4) is 0 Å². The van der Waals surface area contributed by atoms with E-state index in [0.29, 0.717) is 11.2 Å². The van der Waals surface area contributed by atoms with E-state index in [9.17, 15) is 8.42 Å². The second-order valence-corrected chi connectivity index (χ2v) is 7.70. The van der Waals surface area contributed by atoms with Crippen LogP contribution in [0.15, 0.2) is 17.3 Å². The fourth-order valence-corrected chi connectivity index (χ4v) is 5.27. The van der Waals surface area contributed by atoms with E-state index >= 15 is 0 Å². The second-order valence-electron chi connectivity index (χ2n) is 5.51. The number of nitrogens with zero attached hydrogens (tertiary/aromatic N) is 2. The van der Waals surface area contributed by atoms with Gasteiger partial charge in [-0.25, -0.2) is 13.1 Å². The molecule has 0 bridgehead atoms. The highest BCUT2D eigenvalue weighted by molar-refractivity contribution is 9.09. The first-order chi connectivity index (χ1) is 8.88. The van der Waals surface area contributed by atoms with E-state index in [1.165, 1.54) is 23.4 Å². The van der Waals surface area contributed by atoms with Crippen LogP contribution in [0.2, 0.25) is 0 Å². The van der Waals surface area contributed by atoms with E-state index in [1.807, 2.05) is 0 Å². The van der Waals surface area contributed by atoms with Gasteiger partial charge in [-0.15, -0.1) is 0 Å². The molecule has 0 amide bonds. The number of halogens is 1. The molecule has 0 radical (unpaired) electrons. The molecule has 2 rings (SSSR count). The van der Waals surface area contributed by atoms with E-state index in [4.69, 9.17) is 0 Å². The summed E-state index contributed by atoms with van der Waals surface area (Å²) in [5.74, 6) is 0.542. The molecule has 1 heterocycles. The Labute approximate surface area is 122 Å². The number of aryl methyl sites for hydroxylation is 1. The van der Waals surface area contributed by atoms with Crippen LogP contribution < -0.4 is 4.72 Å². The monoisotopic (exact) mass is 349 g/mol. The molecule has 5 nitrogen and oxygen atoms in total. The van der Waals surface area contributed by atoms with E-state index in [2.05, 4.69) is 32.7 Å². The molecule has 0 spiro atoms. The van der Waals surface area contributed by atoms with Crippen LogP contribution >= 0.6 is 15.9 Å². The SMILES string of the molecule is CC1CCCC(CBr)(NS(=O)(=O)c2ccnn2C)C1. The van der Waals surface area contributed by atoms with Gasteiger partial charge in [0, 0.05) is 17.9 Å². The van der Waals surface area contributed by atoms with Crippen molar-refractivity contribution in [3.63, 3.8) is 0 Å². The van der Waals surface area contributed by atoms with Gasteiger partial charge in [-0.05, 0) is 24.8 Å². The van der Waals surface area contributed by atoms with E-state index in [0.717, 1.165) is 19.3 Å². The molecule has 1 aliphatic carbocycles. The highest BCUT2D eigenvalue weighted by atomic mass is 79.9. The van der Waals surface area contributed by atoms with Crippen molar-refractivity contribution in [3.8, 4) is 0 Å². The third-order valence-corrected chi connectivity index (χ3v) is 6.48. The molecular weight excluding hydrogens is 330 g/mol. The zero-order valence-electron chi connectivity index (χ0n) is 11.3. The molecule has 2 atom stereocenters. The third kappa shape index (κ3) is 3.20. The van der Waals surface area contributed by atoms with Crippen LogP contribution in [0.1, 0.15) is 32.6 Å². The summed E-state index contributed by atoms with van der Waals surface area (Å²) in [4.78, 5) is 0. The van der Waals surface area contributed by atoms with Gasteiger partial charge in [0.05, 0.1) is 6.20 Å². The molecule has 1 aliphatic rings. The molecule has 108 valence electrons. The average molecular weight is 350 g/mol. The number of aromatic nitrogens is 2. The number of sulfonamides is 1. The van der Waals surface area contributed by atoms with Crippen molar-refractivity contribution < 1.29 is 8.42 Å². The lowest BCUT2D eigenvalue weighted by atomic mass is 9.78. The molecule has 1 fully saturated rings. The Morgan fingerprint density at radius 3 is 2.89 bits per heavy atom. The van der Waals surface area contributed by atoms with Crippen molar-refractivity contribution in [1.29, 1.82) is 0 Å². The fourth-order valence-electron chi connectivity index (χ4n) is 2.86. The van der Waals surface area contributed by atoms with Crippen molar-refractivity contribution in [2.45, 2.75) is 43.2 Å². The van der Waals surface area contributed by atoms with Crippen molar-refractivity contribution >= 4 is 26.0 Å². The van der Waals surface area contributed by atoms with Gasteiger partial charge in [-0.2, -0.15) is 5.10 Å². The molecule has 7 heteroatoms. The summed E-state index contributed by atoms with van der Waals surface area (Å²) in [6.07, 6.45) is 5.47. The van der Waals surface area contributed by atoms with Crippen molar-refractivity contribution in [1.82, 2.24) is 14.5 Å². The maximum absolute atomic E-state index is 12.5. The van der Waals surface area contributed by atoms with E-state index in [-0.39, 0.29) is 10.6 Å². The van der Waals surface area contributed by atoms with Crippen molar-refractivity contribution in [2.75, 3.05) is 5.33 Å². The quantitative estimate of drug-likeness (QED) is 0.846. The predicted octanol–water partition coefficient (Wildman–Crippen LogP) is 2.04. The first kappa shape index (κ1) is 15.0. The predicted molar refractivity (Wildman–Crippen MR) is 77.7 cm³/mol. The Hall–Kier alpha value is -0.400. The van der Waals surface area contributed by atoms with Crippen LogP contribution in [0, 0.1) is 5.92 Å². The Balaban J connectivity index is 2.25. The van der Waals surface area contributed by atoms with Gasteiger partial charge in [-0.1, -0.05) is 35.7 Å². The lowest BCUT2D eigenvalue weighted by Gasteiger charge is -2.39. The molecule has 1 aromatic rings. The van der Waals surface area contributed by atoms with Gasteiger partial charge < -0.3 is 0 Å². The van der Waals surface area contributed by atoms with E-state index in [1.54, 1.807) is 7.05 Å². The Kier molecular flexibility index (Phi) is 4.37. The van der Waals surface area contributed by atoms with Crippen molar-refractivity contribution in [2.24, 2.45) is 13.0 Å². The summed E-state index contributed by atoms with van der Waals surface area (Å²) in [6, 6.07) is 1.52. The standard InChI is InChI=1S/C12H20BrN3O2S/c1-10-4-3-6-12(8-10,9-13)15-19(17,18)11-5-7-14-16(11)2/h5,7,10,15H,3-4,6,8-9H2,1-2H3. The molecule has 0 aromatic carbocycles. The molecule has 1 aromatic heterocycles. The molecule has 2 unspecified atom stereocenters. The lowest BCUT2D eigenvalue weighted by molar-refractivity contribution is 0.241. The number of hydrogen-bond acceptors (Lipinski definition) is 3. The van der Waals surface area contributed by atoms with Gasteiger partial charge in [0.2, 0.25) is 0 Å². The molecular formula is C12H20BrN3O2S. The Morgan fingerprint density at radius 2 is 2.37 bits per heavy atom. The van der Waals surface area contributed by atoms with E-state index < -0.39 is 10.0 Å². The van der Waals surface area contributed by atoms with Crippen LogP contribution in [0.4, 0.5) is 0 Å². The molecule has 0 saturated heterocycles. The molecule has 19 heavy (non-hydrogen) atoms. The topological polar surface area (TPSA) is 64.0 Å². The maximum atomic E-state index is 12.5. The van der Waals surface area contributed by atoms with Crippen LogP contribution in [0.25, 0.3) is 0 Å².